The number of nitrogens with one attached hydrogen (secondary N) is 1. The Morgan fingerprint density at radius 3 is 2.30 bits per heavy atom. The van der Waals surface area contributed by atoms with Crippen LogP contribution in [0, 0.1) is 0 Å². The van der Waals surface area contributed by atoms with Gasteiger partial charge in [0.05, 0.1) is 31.2 Å². The summed E-state index contributed by atoms with van der Waals surface area (Å²) in [6.45, 7) is 0. The van der Waals surface area contributed by atoms with Gasteiger partial charge in [-0.15, -0.1) is 0 Å². The fourth-order valence-electron chi connectivity index (χ4n) is 5.25. The van der Waals surface area contributed by atoms with Gasteiger partial charge in [0, 0.05) is 30.9 Å². The van der Waals surface area contributed by atoms with E-state index in [0.717, 1.165) is 11.1 Å². The highest BCUT2D eigenvalue weighted by atomic mass is 19.3. The highest BCUT2D eigenvalue weighted by Gasteiger charge is 2.61. The van der Waals surface area contributed by atoms with Crippen LogP contribution in [0.15, 0.2) is 72.8 Å². The molecule has 6 nitrogen and oxygen atoms in total. The van der Waals surface area contributed by atoms with E-state index in [2.05, 4.69) is 5.32 Å². The lowest BCUT2D eigenvalue weighted by Gasteiger charge is -2.47. The molecule has 1 aliphatic heterocycles. The third-order valence-electron chi connectivity index (χ3n) is 7.21. The minimum atomic E-state index is -2.89. The molecule has 0 radical (unpaired) electrons. The molecule has 192 valence electrons. The van der Waals surface area contributed by atoms with Crippen molar-refractivity contribution in [1.82, 2.24) is 5.32 Å². The maximum absolute atomic E-state index is 14.1. The van der Waals surface area contributed by atoms with E-state index in [4.69, 9.17) is 14.2 Å². The van der Waals surface area contributed by atoms with Crippen LogP contribution < -0.4 is 14.8 Å². The van der Waals surface area contributed by atoms with Gasteiger partial charge in [0.25, 0.3) is 5.92 Å². The highest BCUT2D eigenvalue weighted by molar-refractivity contribution is 5.90. The monoisotopic (exact) mass is 507 g/mol. The minimum absolute atomic E-state index is 0.379. The summed E-state index contributed by atoms with van der Waals surface area (Å²) in [6.07, 6.45) is -1.14. The summed E-state index contributed by atoms with van der Waals surface area (Å²) in [7, 11) is 2.87. The number of halogens is 2. The third-order valence-corrected chi connectivity index (χ3v) is 7.21. The Balaban J connectivity index is 1.46. The summed E-state index contributed by atoms with van der Waals surface area (Å²) in [4.78, 5) is 25.5. The van der Waals surface area contributed by atoms with Crippen LogP contribution >= 0.6 is 0 Å². The van der Waals surface area contributed by atoms with E-state index in [-0.39, 0.29) is 0 Å². The number of hydrogen-bond donors (Lipinski definition) is 1. The summed E-state index contributed by atoms with van der Waals surface area (Å²) in [5.74, 6) is -2.65. The van der Waals surface area contributed by atoms with Crippen molar-refractivity contribution in [3.8, 4) is 11.5 Å². The summed E-state index contributed by atoms with van der Waals surface area (Å²) in [5.41, 5.74) is 1.23. The normalized spacial score (nSPS) is 21.0. The van der Waals surface area contributed by atoms with Crippen molar-refractivity contribution < 1.29 is 32.6 Å². The van der Waals surface area contributed by atoms with Gasteiger partial charge in [-0.3, -0.25) is 4.79 Å². The zero-order valence-electron chi connectivity index (χ0n) is 20.5. The molecule has 3 aromatic carbocycles. The molecule has 2 atom stereocenters. The Morgan fingerprint density at radius 2 is 1.68 bits per heavy atom. The average molecular weight is 508 g/mol. The van der Waals surface area contributed by atoms with Crippen LogP contribution in [0.2, 0.25) is 0 Å². The number of alkyl halides is 2. The lowest BCUT2D eigenvalue weighted by atomic mass is 9.61. The Hall–Kier alpha value is -3.94. The fourth-order valence-corrected chi connectivity index (χ4v) is 5.25. The number of carbonyl (C=O) groups is 2. The van der Waals surface area contributed by atoms with E-state index in [1.54, 1.807) is 73.8 Å². The fraction of sp³-hybridized carbons (Fsp3) is 0.310. The maximum Gasteiger partial charge on any atom is 0.337 e. The van der Waals surface area contributed by atoms with Gasteiger partial charge in [-0.1, -0.05) is 42.5 Å². The molecule has 37 heavy (non-hydrogen) atoms. The van der Waals surface area contributed by atoms with Crippen molar-refractivity contribution in [2.45, 2.75) is 42.7 Å². The van der Waals surface area contributed by atoms with Crippen molar-refractivity contribution in [3.63, 3.8) is 0 Å². The average Bonchev–Trinajstić information content (AvgIpc) is 2.91. The topological polar surface area (TPSA) is 73.9 Å². The van der Waals surface area contributed by atoms with Gasteiger partial charge in [-0.25, -0.2) is 13.6 Å². The molecule has 0 aromatic heterocycles. The van der Waals surface area contributed by atoms with Gasteiger partial charge in [0.1, 0.15) is 17.6 Å². The third kappa shape index (κ3) is 4.63. The Labute approximate surface area is 213 Å². The standard InChI is InChI=1S/C29H27F2NO5/c1-35-21-12-13-22-23(32-27(34)28(16-29(30,31)17-28)20-6-4-3-5-7-20)15-24(37-25(22)14-21)18-8-10-19(11-9-18)26(33)36-2/h3-14,23-24H,15-17H2,1-2H3,(H,32,34)/t23-,24-/m1/s1. The van der Waals surface area contributed by atoms with Crippen LogP contribution in [0.4, 0.5) is 8.78 Å². The van der Waals surface area contributed by atoms with Crippen LogP contribution in [0.25, 0.3) is 0 Å². The second-order valence-electron chi connectivity index (χ2n) is 9.54. The second kappa shape index (κ2) is 9.50. The lowest BCUT2D eigenvalue weighted by Crippen LogP contribution is -2.58. The number of hydrogen-bond acceptors (Lipinski definition) is 5. The van der Waals surface area contributed by atoms with Gasteiger partial charge in [0.15, 0.2) is 0 Å². The first-order chi connectivity index (χ1) is 17.7. The number of amides is 1. The summed E-state index contributed by atoms with van der Waals surface area (Å²) in [6, 6.07) is 20.5. The van der Waals surface area contributed by atoms with Crippen molar-refractivity contribution in [3.05, 3.63) is 95.1 Å². The van der Waals surface area contributed by atoms with E-state index >= 15 is 0 Å². The molecule has 1 fully saturated rings. The van der Waals surface area contributed by atoms with E-state index in [0.29, 0.717) is 29.0 Å². The minimum Gasteiger partial charge on any atom is -0.497 e. The second-order valence-corrected chi connectivity index (χ2v) is 9.54. The molecule has 1 N–H and O–H groups in total. The number of esters is 1. The Kier molecular flexibility index (Phi) is 6.35. The van der Waals surface area contributed by atoms with Gasteiger partial charge in [-0.2, -0.15) is 0 Å². The Morgan fingerprint density at radius 1 is 0.973 bits per heavy atom. The van der Waals surface area contributed by atoms with Gasteiger partial charge >= 0.3 is 5.97 Å². The number of fused-ring (bicyclic) bond motifs is 1. The van der Waals surface area contributed by atoms with E-state index < -0.39 is 48.2 Å². The predicted octanol–water partition coefficient (Wildman–Crippen LogP) is 5.53. The van der Waals surface area contributed by atoms with Gasteiger partial charge in [-0.05, 0) is 35.4 Å². The number of benzene rings is 3. The van der Waals surface area contributed by atoms with Crippen molar-refractivity contribution in [2.75, 3.05) is 14.2 Å². The molecule has 1 aliphatic carbocycles. The summed E-state index contributed by atoms with van der Waals surface area (Å²) < 4.78 is 44.7. The van der Waals surface area contributed by atoms with Crippen LogP contribution in [0.1, 0.15) is 58.5 Å². The molecular weight excluding hydrogens is 480 g/mol. The highest BCUT2D eigenvalue weighted by Crippen LogP contribution is 2.54. The summed E-state index contributed by atoms with van der Waals surface area (Å²) in [5, 5.41) is 3.06. The van der Waals surface area contributed by atoms with Crippen molar-refractivity contribution in [1.29, 1.82) is 0 Å². The number of methoxy groups -OCH3 is 2. The molecule has 5 rings (SSSR count). The molecule has 0 bridgehead atoms. The largest absolute Gasteiger partial charge is 0.497 e. The molecule has 3 aromatic rings. The zero-order valence-corrected chi connectivity index (χ0v) is 20.5. The molecule has 1 saturated carbocycles. The van der Waals surface area contributed by atoms with Crippen LogP contribution in [0.3, 0.4) is 0 Å². The van der Waals surface area contributed by atoms with E-state index in [1.165, 1.54) is 7.11 Å². The lowest BCUT2D eigenvalue weighted by molar-refractivity contribution is -0.159. The first-order valence-corrected chi connectivity index (χ1v) is 12.0. The molecule has 0 unspecified atom stereocenters. The zero-order chi connectivity index (χ0) is 26.2. The van der Waals surface area contributed by atoms with Crippen LogP contribution in [-0.4, -0.2) is 32.0 Å². The van der Waals surface area contributed by atoms with E-state index in [9.17, 15) is 18.4 Å². The van der Waals surface area contributed by atoms with Gasteiger partial charge in [0.2, 0.25) is 5.91 Å². The Bertz CT molecular complexity index is 1300. The first-order valence-electron chi connectivity index (χ1n) is 12.0. The molecule has 0 spiro atoms. The van der Waals surface area contributed by atoms with Crippen LogP contribution in [0.5, 0.6) is 11.5 Å². The molecule has 0 saturated heterocycles. The molecule has 1 amide bonds. The smallest absolute Gasteiger partial charge is 0.337 e. The molecule has 1 heterocycles. The molecule has 2 aliphatic rings. The van der Waals surface area contributed by atoms with Crippen molar-refractivity contribution >= 4 is 11.9 Å². The van der Waals surface area contributed by atoms with Crippen molar-refractivity contribution in [2.24, 2.45) is 0 Å². The molecular formula is C29H27F2NO5. The van der Waals surface area contributed by atoms with Crippen LogP contribution in [-0.2, 0) is 14.9 Å². The predicted molar refractivity (Wildman–Crippen MR) is 132 cm³/mol. The number of ether oxygens (including phenoxy) is 3. The SMILES string of the molecule is COC(=O)c1ccc([C@H]2C[C@@H](NC(=O)C3(c4ccccc4)CC(F)(F)C3)c3ccc(OC)cc3O2)cc1. The number of carbonyl (C=O) groups excluding carboxylic acids is 2. The first kappa shape index (κ1) is 24.7. The summed E-state index contributed by atoms with van der Waals surface area (Å²) >= 11 is 0. The van der Waals surface area contributed by atoms with E-state index in [1.807, 2.05) is 6.07 Å². The molecule has 8 heteroatoms. The maximum atomic E-state index is 14.1. The van der Waals surface area contributed by atoms with Gasteiger partial charge < -0.3 is 19.5 Å². The number of rotatable bonds is 6. The quantitative estimate of drug-likeness (QED) is 0.444.